The summed E-state index contributed by atoms with van der Waals surface area (Å²) < 4.78 is 5.21. The summed E-state index contributed by atoms with van der Waals surface area (Å²) in [5.41, 5.74) is 1.42. The maximum absolute atomic E-state index is 5.21. The molecule has 0 aliphatic heterocycles. The number of nitrogens with one attached hydrogen (secondary N) is 1. The number of ether oxygens (including phenoxy) is 1. The Hall–Kier alpha value is -1.02. The van der Waals surface area contributed by atoms with Crippen LogP contribution in [0.1, 0.15) is 38.2 Å². The van der Waals surface area contributed by atoms with Gasteiger partial charge in [0.1, 0.15) is 5.75 Å². The molecule has 5 unspecified atom stereocenters. The Balaban J connectivity index is 1.24. The average molecular weight is 285 g/mol. The van der Waals surface area contributed by atoms with Gasteiger partial charge in [-0.2, -0.15) is 0 Å². The van der Waals surface area contributed by atoms with Gasteiger partial charge in [0.25, 0.3) is 0 Å². The van der Waals surface area contributed by atoms with Crippen molar-refractivity contribution in [2.75, 3.05) is 7.11 Å². The molecule has 0 heterocycles. The predicted octanol–water partition coefficient (Wildman–Crippen LogP) is 3.65. The quantitative estimate of drug-likeness (QED) is 0.861. The molecule has 2 heteroatoms. The first-order chi connectivity index (χ1) is 10.3. The van der Waals surface area contributed by atoms with E-state index in [2.05, 4.69) is 36.5 Å². The summed E-state index contributed by atoms with van der Waals surface area (Å²) in [6.07, 6.45) is 6.98. The first-order valence-electron chi connectivity index (χ1n) is 8.65. The normalized spacial score (nSPS) is 37.3. The van der Waals surface area contributed by atoms with Crippen molar-refractivity contribution in [1.29, 1.82) is 0 Å². The Morgan fingerprint density at radius 3 is 2.43 bits per heavy atom. The molecule has 3 fully saturated rings. The molecule has 0 spiro atoms. The fourth-order valence-electron chi connectivity index (χ4n) is 5.14. The van der Waals surface area contributed by atoms with Crippen molar-refractivity contribution in [2.45, 2.75) is 51.1 Å². The van der Waals surface area contributed by atoms with Gasteiger partial charge in [0.05, 0.1) is 7.11 Å². The van der Waals surface area contributed by atoms with E-state index in [-0.39, 0.29) is 0 Å². The zero-order chi connectivity index (χ0) is 14.4. The minimum Gasteiger partial charge on any atom is -0.497 e. The number of aryl methyl sites for hydroxylation is 1. The molecule has 1 aromatic rings. The monoisotopic (exact) mass is 285 g/mol. The summed E-state index contributed by atoms with van der Waals surface area (Å²) >= 11 is 0. The second kappa shape index (κ2) is 5.31. The minimum atomic E-state index is 0.641. The molecular weight excluding hydrogens is 258 g/mol. The molecule has 3 aliphatic rings. The molecule has 0 aromatic heterocycles. The van der Waals surface area contributed by atoms with Crippen molar-refractivity contribution in [3.63, 3.8) is 0 Å². The fraction of sp³-hybridized carbons (Fsp3) is 0.684. The molecule has 4 rings (SSSR count). The van der Waals surface area contributed by atoms with Gasteiger partial charge in [0, 0.05) is 12.1 Å². The third kappa shape index (κ3) is 2.48. The highest BCUT2D eigenvalue weighted by atomic mass is 16.5. The third-order valence-corrected chi connectivity index (χ3v) is 6.24. The zero-order valence-electron chi connectivity index (χ0n) is 13.2. The highest BCUT2D eigenvalue weighted by Crippen LogP contribution is 2.65. The SMILES string of the molecule is COc1ccc(CCC(C)NC2C3C4CCC(C4)C23)cc1. The van der Waals surface area contributed by atoms with Crippen molar-refractivity contribution in [2.24, 2.45) is 23.7 Å². The lowest BCUT2D eigenvalue weighted by Gasteiger charge is -2.17. The molecule has 0 saturated heterocycles. The van der Waals surface area contributed by atoms with Gasteiger partial charge in [-0.15, -0.1) is 0 Å². The van der Waals surface area contributed by atoms with Crippen LogP contribution in [0.3, 0.4) is 0 Å². The lowest BCUT2D eigenvalue weighted by molar-refractivity contribution is 0.413. The molecule has 114 valence electrons. The van der Waals surface area contributed by atoms with Gasteiger partial charge in [-0.3, -0.25) is 0 Å². The van der Waals surface area contributed by atoms with Crippen LogP contribution in [0.15, 0.2) is 24.3 Å². The third-order valence-electron chi connectivity index (χ3n) is 6.24. The van der Waals surface area contributed by atoms with E-state index in [1.807, 2.05) is 0 Å². The van der Waals surface area contributed by atoms with E-state index in [0.717, 1.165) is 41.9 Å². The number of hydrogen-bond donors (Lipinski definition) is 1. The van der Waals surface area contributed by atoms with Gasteiger partial charge < -0.3 is 10.1 Å². The maximum atomic E-state index is 5.21. The molecule has 2 bridgehead atoms. The summed E-state index contributed by atoms with van der Waals surface area (Å²) in [4.78, 5) is 0. The predicted molar refractivity (Wildman–Crippen MR) is 85.5 cm³/mol. The van der Waals surface area contributed by atoms with E-state index in [1.165, 1.54) is 24.8 Å². The number of rotatable bonds is 6. The second-order valence-corrected chi connectivity index (χ2v) is 7.47. The Kier molecular flexibility index (Phi) is 3.45. The molecule has 1 N–H and O–H groups in total. The van der Waals surface area contributed by atoms with Crippen molar-refractivity contribution in [3.05, 3.63) is 29.8 Å². The van der Waals surface area contributed by atoms with Crippen LogP contribution in [0.4, 0.5) is 0 Å². The van der Waals surface area contributed by atoms with Gasteiger partial charge in [-0.1, -0.05) is 12.1 Å². The Bertz CT molecular complexity index is 481. The second-order valence-electron chi connectivity index (χ2n) is 7.47. The first kappa shape index (κ1) is 13.6. The maximum Gasteiger partial charge on any atom is 0.118 e. The molecule has 0 radical (unpaired) electrons. The van der Waals surface area contributed by atoms with E-state index in [9.17, 15) is 0 Å². The lowest BCUT2D eigenvalue weighted by Crippen LogP contribution is -2.32. The molecule has 2 nitrogen and oxygen atoms in total. The fourth-order valence-corrected chi connectivity index (χ4v) is 5.14. The minimum absolute atomic E-state index is 0.641. The molecule has 0 amide bonds. The number of benzene rings is 1. The van der Waals surface area contributed by atoms with Crippen LogP contribution in [0.5, 0.6) is 5.75 Å². The molecule has 1 aromatic carbocycles. The van der Waals surface area contributed by atoms with Crippen molar-refractivity contribution < 1.29 is 4.74 Å². The number of methoxy groups -OCH3 is 1. The highest BCUT2D eigenvalue weighted by molar-refractivity contribution is 5.27. The molecule has 3 saturated carbocycles. The van der Waals surface area contributed by atoms with Crippen molar-refractivity contribution in [3.8, 4) is 5.75 Å². The molecule has 5 atom stereocenters. The van der Waals surface area contributed by atoms with Crippen LogP contribution in [0.2, 0.25) is 0 Å². The summed E-state index contributed by atoms with van der Waals surface area (Å²) in [6, 6.07) is 10.0. The van der Waals surface area contributed by atoms with Gasteiger partial charge in [-0.05, 0) is 80.4 Å². The highest BCUT2D eigenvalue weighted by Gasteiger charge is 2.64. The molecule has 3 aliphatic carbocycles. The first-order valence-corrected chi connectivity index (χ1v) is 8.65. The Labute approximate surface area is 128 Å². The van der Waals surface area contributed by atoms with E-state index >= 15 is 0 Å². The standard InChI is InChI=1S/C19H27NO/c1-12(3-4-13-5-9-16(21-2)10-6-13)20-19-17-14-7-8-15(11-14)18(17)19/h5-6,9-10,12,14-15,17-20H,3-4,7-8,11H2,1-2H3. The van der Waals surface area contributed by atoms with Crippen molar-refractivity contribution >= 4 is 0 Å². The average Bonchev–Trinajstić information content (AvgIpc) is 2.90. The summed E-state index contributed by atoms with van der Waals surface area (Å²) in [5, 5.41) is 3.92. The van der Waals surface area contributed by atoms with Gasteiger partial charge in [0.15, 0.2) is 0 Å². The van der Waals surface area contributed by atoms with E-state index in [1.54, 1.807) is 13.5 Å². The zero-order valence-corrected chi connectivity index (χ0v) is 13.2. The van der Waals surface area contributed by atoms with Crippen LogP contribution in [-0.2, 0) is 6.42 Å². The summed E-state index contributed by atoms with van der Waals surface area (Å²) in [5.74, 6) is 5.20. The molecule has 21 heavy (non-hydrogen) atoms. The smallest absolute Gasteiger partial charge is 0.118 e. The van der Waals surface area contributed by atoms with Gasteiger partial charge in [0.2, 0.25) is 0 Å². The van der Waals surface area contributed by atoms with Crippen molar-refractivity contribution in [1.82, 2.24) is 5.32 Å². The Morgan fingerprint density at radius 2 is 1.81 bits per heavy atom. The largest absolute Gasteiger partial charge is 0.497 e. The van der Waals surface area contributed by atoms with Gasteiger partial charge >= 0.3 is 0 Å². The van der Waals surface area contributed by atoms with E-state index in [0.29, 0.717) is 6.04 Å². The van der Waals surface area contributed by atoms with Crippen LogP contribution >= 0.6 is 0 Å². The van der Waals surface area contributed by atoms with Crippen LogP contribution in [0.25, 0.3) is 0 Å². The summed E-state index contributed by atoms with van der Waals surface area (Å²) in [6.45, 7) is 2.36. The van der Waals surface area contributed by atoms with E-state index < -0.39 is 0 Å². The van der Waals surface area contributed by atoms with Crippen LogP contribution in [0, 0.1) is 23.7 Å². The number of hydrogen-bond acceptors (Lipinski definition) is 2. The van der Waals surface area contributed by atoms with E-state index in [4.69, 9.17) is 4.74 Å². The summed E-state index contributed by atoms with van der Waals surface area (Å²) in [7, 11) is 1.72. The topological polar surface area (TPSA) is 21.3 Å². The molecular formula is C19H27NO. The number of fused-ring (bicyclic) bond motifs is 5. The van der Waals surface area contributed by atoms with Crippen LogP contribution in [-0.4, -0.2) is 19.2 Å². The lowest BCUT2D eigenvalue weighted by atomic mass is 10.0. The van der Waals surface area contributed by atoms with Gasteiger partial charge in [-0.25, -0.2) is 0 Å². The van der Waals surface area contributed by atoms with Crippen LogP contribution < -0.4 is 10.1 Å². The Morgan fingerprint density at radius 1 is 1.14 bits per heavy atom.